The summed E-state index contributed by atoms with van der Waals surface area (Å²) in [5.74, 6) is 0.325. The van der Waals surface area contributed by atoms with E-state index in [1.807, 2.05) is 12.1 Å². The number of hydrogen-bond acceptors (Lipinski definition) is 8. The van der Waals surface area contributed by atoms with Gasteiger partial charge < -0.3 is 29.9 Å². The first-order valence-electron chi connectivity index (χ1n) is 9.98. The van der Waals surface area contributed by atoms with Crippen LogP contribution in [-0.4, -0.2) is 71.4 Å². The largest absolute Gasteiger partial charge is 0.462 e. The van der Waals surface area contributed by atoms with Crippen molar-refractivity contribution in [2.24, 2.45) is 0 Å². The van der Waals surface area contributed by atoms with Gasteiger partial charge >= 0.3 is 0 Å². The Kier molecular flexibility index (Phi) is 6.20. The Labute approximate surface area is 179 Å². The predicted octanol–water partition coefficient (Wildman–Crippen LogP) is 0.436. The van der Waals surface area contributed by atoms with E-state index in [9.17, 15) is 28.8 Å². The second kappa shape index (κ2) is 8.73. The van der Waals surface area contributed by atoms with Gasteiger partial charge in [-0.05, 0) is 48.2 Å². The second-order valence-corrected chi connectivity index (χ2v) is 9.73. The molecule has 4 rings (SSSR count). The molecule has 2 aromatic carbocycles. The van der Waals surface area contributed by atoms with Gasteiger partial charge in [-0.2, -0.15) is 0 Å². The van der Waals surface area contributed by atoms with E-state index >= 15 is 0 Å². The van der Waals surface area contributed by atoms with Crippen LogP contribution in [-0.2, 0) is 14.8 Å². The van der Waals surface area contributed by atoms with Crippen molar-refractivity contribution >= 4 is 15.7 Å². The molecule has 168 valence electrons. The van der Waals surface area contributed by atoms with Crippen molar-refractivity contribution in [1.29, 1.82) is 0 Å². The number of sulfonamides is 1. The number of aliphatic hydroxyl groups is 4. The summed E-state index contributed by atoms with van der Waals surface area (Å²) in [4.78, 5) is 0. The van der Waals surface area contributed by atoms with E-state index in [1.54, 1.807) is 36.4 Å². The first kappa shape index (κ1) is 22.0. The second-order valence-electron chi connectivity index (χ2n) is 7.77. The quantitative estimate of drug-likeness (QED) is 0.408. The van der Waals surface area contributed by atoms with E-state index in [2.05, 4.69) is 4.72 Å². The van der Waals surface area contributed by atoms with Gasteiger partial charge in [0.15, 0.2) is 0 Å². The number of aliphatic hydroxyl groups excluding tert-OH is 4. The van der Waals surface area contributed by atoms with Crippen LogP contribution in [0.5, 0.6) is 5.75 Å². The Hall–Kier alpha value is -2.21. The minimum Gasteiger partial charge on any atom is -0.462 e. The van der Waals surface area contributed by atoms with Crippen molar-refractivity contribution < 1.29 is 38.3 Å². The molecule has 1 saturated carbocycles. The highest BCUT2D eigenvalue weighted by molar-refractivity contribution is 7.93. The highest BCUT2D eigenvalue weighted by Gasteiger charge is 2.44. The summed E-state index contributed by atoms with van der Waals surface area (Å²) in [5.41, 5.74) is 1.94. The van der Waals surface area contributed by atoms with Crippen molar-refractivity contribution in [3.05, 3.63) is 48.5 Å². The molecule has 2 aromatic rings. The van der Waals surface area contributed by atoms with Crippen molar-refractivity contribution in [3.63, 3.8) is 0 Å². The zero-order chi connectivity index (χ0) is 22.2. The minimum atomic E-state index is -3.37. The monoisotopic (exact) mass is 451 g/mol. The molecule has 9 nitrogen and oxygen atoms in total. The van der Waals surface area contributed by atoms with Gasteiger partial charge in [-0.15, -0.1) is 0 Å². The van der Waals surface area contributed by atoms with Crippen LogP contribution in [0.4, 0.5) is 5.69 Å². The molecule has 0 radical (unpaired) electrons. The summed E-state index contributed by atoms with van der Waals surface area (Å²) >= 11 is 0. The lowest BCUT2D eigenvalue weighted by molar-refractivity contribution is -0.277. The van der Waals surface area contributed by atoms with Crippen LogP contribution in [0.2, 0.25) is 0 Å². The zero-order valence-electron chi connectivity index (χ0n) is 16.5. The van der Waals surface area contributed by atoms with Crippen LogP contribution in [0, 0.1) is 0 Å². The minimum absolute atomic E-state index is 0.325. The first-order chi connectivity index (χ1) is 14.8. The topological polar surface area (TPSA) is 146 Å². The molecule has 0 unspecified atom stereocenters. The third-order valence-electron chi connectivity index (χ3n) is 5.35. The van der Waals surface area contributed by atoms with E-state index in [1.165, 1.54) is 0 Å². The van der Waals surface area contributed by atoms with Gasteiger partial charge in [0.25, 0.3) is 0 Å². The number of benzene rings is 2. The molecule has 10 heteroatoms. The average molecular weight is 451 g/mol. The molecule has 2 aliphatic rings. The summed E-state index contributed by atoms with van der Waals surface area (Å²) in [7, 11) is -3.37. The molecular formula is C21H25NO8S. The van der Waals surface area contributed by atoms with Crippen LogP contribution < -0.4 is 9.46 Å². The Morgan fingerprint density at radius 1 is 0.968 bits per heavy atom. The molecule has 2 fully saturated rings. The predicted molar refractivity (Wildman–Crippen MR) is 112 cm³/mol. The molecule has 1 aliphatic carbocycles. The molecule has 0 bridgehead atoms. The zero-order valence-corrected chi connectivity index (χ0v) is 17.4. The molecule has 31 heavy (non-hydrogen) atoms. The van der Waals surface area contributed by atoms with E-state index in [0.717, 1.165) is 11.1 Å². The molecular weight excluding hydrogens is 426 g/mol. The summed E-state index contributed by atoms with van der Waals surface area (Å²) in [6.45, 7) is -0.547. The van der Waals surface area contributed by atoms with E-state index in [-0.39, 0.29) is 5.25 Å². The standard InChI is InChI=1S/C21H25NO8S/c23-11-17-18(24)19(25)20(26)21(30-17)29-15-6-2-4-13(10-15)12-3-1-5-14(9-12)22-31(27,28)16-7-8-16/h1-6,9-10,16-26H,7-8,11H2/t17-,18+,19+,20-,21-/m1/s1. The fourth-order valence-corrected chi connectivity index (χ4v) is 4.81. The highest BCUT2D eigenvalue weighted by Crippen LogP contribution is 2.32. The fourth-order valence-electron chi connectivity index (χ4n) is 3.44. The van der Waals surface area contributed by atoms with Gasteiger partial charge in [-0.3, -0.25) is 4.72 Å². The number of rotatable bonds is 7. The van der Waals surface area contributed by atoms with Gasteiger partial charge in [-0.25, -0.2) is 8.42 Å². The Bertz CT molecular complexity index is 1020. The van der Waals surface area contributed by atoms with Crippen molar-refractivity contribution in [2.75, 3.05) is 11.3 Å². The maximum absolute atomic E-state index is 12.2. The number of nitrogens with one attached hydrogen (secondary N) is 1. The number of ether oxygens (including phenoxy) is 2. The van der Waals surface area contributed by atoms with Crippen molar-refractivity contribution in [2.45, 2.75) is 48.8 Å². The van der Waals surface area contributed by atoms with Crippen molar-refractivity contribution in [1.82, 2.24) is 0 Å². The molecule has 0 spiro atoms. The maximum Gasteiger partial charge on any atom is 0.235 e. The van der Waals surface area contributed by atoms with Crippen LogP contribution in [0.25, 0.3) is 11.1 Å². The molecule has 1 aliphatic heterocycles. The average Bonchev–Trinajstić information content (AvgIpc) is 3.60. The van der Waals surface area contributed by atoms with E-state index in [0.29, 0.717) is 24.3 Å². The van der Waals surface area contributed by atoms with Crippen LogP contribution in [0.15, 0.2) is 48.5 Å². The summed E-state index contributed by atoms with van der Waals surface area (Å²) in [6.07, 6.45) is -5.52. The molecule has 1 heterocycles. The smallest absolute Gasteiger partial charge is 0.235 e. The Morgan fingerprint density at radius 3 is 2.32 bits per heavy atom. The van der Waals surface area contributed by atoms with Gasteiger partial charge in [0, 0.05) is 5.69 Å². The van der Waals surface area contributed by atoms with Crippen LogP contribution >= 0.6 is 0 Å². The van der Waals surface area contributed by atoms with E-state index in [4.69, 9.17) is 9.47 Å². The highest BCUT2D eigenvalue weighted by atomic mass is 32.2. The third-order valence-corrected chi connectivity index (χ3v) is 7.22. The maximum atomic E-state index is 12.2. The molecule has 5 atom stereocenters. The van der Waals surface area contributed by atoms with Crippen molar-refractivity contribution in [3.8, 4) is 16.9 Å². The van der Waals surface area contributed by atoms with Crippen LogP contribution in [0.3, 0.4) is 0 Å². The molecule has 0 aromatic heterocycles. The lowest BCUT2D eigenvalue weighted by atomic mass is 9.99. The summed E-state index contributed by atoms with van der Waals surface area (Å²) < 4.78 is 38.0. The van der Waals surface area contributed by atoms with E-state index < -0.39 is 47.3 Å². The lowest BCUT2D eigenvalue weighted by Gasteiger charge is -2.39. The summed E-state index contributed by atoms with van der Waals surface area (Å²) in [5, 5.41) is 38.9. The molecule has 5 N–H and O–H groups in total. The Morgan fingerprint density at radius 2 is 1.65 bits per heavy atom. The SMILES string of the molecule is O=S(=O)(Nc1cccc(-c2cccc(O[C@@H]3O[C@H](CO)[C@H](O)[C@H](O)[C@H]3O)c2)c1)C1CC1. The third kappa shape index (κ3) is 4.84. The first-order valence-corrected chi connectivity index (χ1v) is 11.5. The number of hydrogen-bond donors (Lipinski definition) is 5. The molecule has 0 amide bonds. The van der Waals surface area contributed by atoms with Gasteiger partial charge in [0.05, 0.1) is 11.9 Å². The van der Waals surface area contributed by atoms with Gasteiger partial charge in [-0.1, -0.05) is 24.3 Å². The number of anilines is 1. The fraction of sp³-hybridized carbons (Fsp3) is 0.429. The lowest BCUT2D eigenvalue weighted by Crippen LogP contribution is -2.60. The van der Waals surface area contributed by atoms with Crippen LogP contribution in [0.1, 0.15) is 12.8 Å². The summed E-state index contributed by atoms with van der Waals surface area (Å²) in [6, 6.07) is 13.8. The van der Waals surface area contributed by atoms with Gasteiger partial charge in [0.1, 0.15) is 30.2 Å². The normalized spacial score (nSPS) is 28.8. The van der Waals surface area contributed by atoms with Gasteiger partial charge in [0.2, 0.25) is 16.3 Å². The Balaban J connectivity index is 1.52. The molecule has 1 saturated heterocycles.